The lowest BCUT2D eigenvalue weighted by molar-refractivity contribution is -0.127. The zero-order valence-electron chi connectivity index (χ0n) is 17.6. The number of hydrogen-bond donors (Lipinski definition) is 1. The molecule has 32 heavy (non-hydrogen) atoms. The molecule has 0 saturated carbocycles. The average molecular weight is 455 g/mol. The van der Waals surface area contributed by atoms with Gasteiger partial charge >= 0.3 is 0 Å². The Hall–Kier alpha value is -3.46. The fourth-order valence-corrected chi connectivity index (χ4v) is 3.87. The van der Waals surface area contributed by atoms with Crippen LogP contribution >= 0.6 is 11.8 Å². The molecule has 0 atom stereocenters. The smallest absolute Gasteiger partial charge is 0.294 e. The molecule has 2 heterocycles. The van der Waals surface area contributed by atoms with E-state index in [1.165, 1.54) is 0 Å². The van der Waals surface area contributed by atoms with Gasteiger partial charge in [0.15, 0.2) is 11.5 Å². The number of carbonyl (C=O) groups excluding carboxylic acids is 3. The van der Waals surface area contributed by atoms with Crippen molar-refractivity contribution in [2.24, 2.45) is 5.92 Å². The van der Waals surface area contributed by atoms with Crippen LogP contribution in [0, 0.1) is 5.92 Å². The van der Waals surface area contributed by atoms with E-state index in [1.807, 2.05) is 24.3 Å². The van der Waals surface area contributed by atoms with Gasteiger partial charge in [-0.3, -0.25) is 19.3 Å². The minimum atomic E-state index is -0.499. The molecule has 2 aromatic rings. The summed E-state index contributed by atoms with van der Waals surface area (Å²) in [6.45, 7) is 4.51. The molecule has 0 spiro atoms. The molecule has 2 aliphatic rings. The van der Waals surface area contributed by atoms with E-state index in [1.54, 1.807) is 24.3 Å². The fraction of sp³-hybridized carbons (Fsp3) is 0.261. The molecule has 8 nitrogen and oxygen atoms in total. The van der Waals surface area contributed by atoms with Gasteiger partial charge in [0.05, 0.1) is 11.5 Å². The summed E-state index contributed by atoms with van der Waals surface area (Å²) in [4.78, 5) is 38.6. The van der Waals surface area contributed by atoms with E-state index in [-0.39, 0.29) is 18.2 Å². The van der Waals surface area contributed by atoms with Crippen LogP contribution in [-0.4, -0.2) is 41.9 Å². The summed E-state index contributed by atoms with van der Waals surface area (Å²) in [5.41, 5.74) is 1.25. The summed E-state index contributed by atoms with van der Waals surface area (Å²) >= 11 is 0.810. The first-order valence-corrected chi connectivity index (χ1v) is 10.9. The Bertz CT molecular complexity index is 1080. The Morgan fingerprint density at radius 2 is 1.91 bits per heavy atom. The Labute approximate surface area is 189 Å². The zero-order valence-corrected chi connectivity index (χ0v) is 18.4. The molecular weight excluding hydrogens is 432 g/mol. The number of hydrogen-bond acceptors (Lipinski definition) is 7. The van der Waals surface area contributed by atoms with Gasteiger partial charge in [-0.15, -0.1) is 0 Å². The fourth-order valence-electron chi connectivity index (χ4n) is 3.03. The number of imide groups is 1. The molecule has 0 radical (unpaired) electrons. The highest BCUT2D eigenvalue weighted by molar-refractivity contribution is 8.18. The Balaban J connectivity index is 1.37. The molecule has 166 valence electrons. The monoisotopic (exact) mass is 454 g/mol. The molecule has 2 aromatic carbocycles. The van der Waals surface area contributed by atoms with Crippen molar-refractivity contribution in [2.45, 2.75) is 13.8 Å². The number of ether oxygens (including phenoxy) is 3. The molecule has 1 saturated heterocycles. The van der Waals surface area contributed by atoms with Crippen LogP contribution in [0.2, 0.25) is 0 Å². The van der Waals surface area contributed by atoms with Gasteiger partial charge < -0.3 is 19.5 Å². The van der Waals surface area contributed by atoms with Crippen LogP contribution in [0.4, 0.5) is 10.5 Å². The van der Waals surface area contributed by atoms with Gasteiger partial charge in [-0.25, -0.2) is 0 Å². The van der Waals surface area contributed by atoms with Gasteiger partial charge in [-0.2, -0.15) is 0 Å². The molecule has 1 N–H and O–H groups in total. The van der Waals surface area contributed by atoms with Crippen molar-refractivity contribution in [1.82, 2.24) is 4.90 Å². The van der Waals surface area contributed by atoms with Crippen molar-refractivity contribution in [3.63, 3.8) is 0 Å². The standard InChI is InChI=1S/C23H22N2O6S/c1-14(2)12-29-17-6-3-15(4-7-17)9-20-22(27)25(23(28)32-20)11-21(26)24-16-5-8-18-19(10-16)31-13-30-18/h3-10,14H,11-13H2,1-2H3,(H,24,26)/b20-9-. The molecular formula is C23H22N2O6S. The summed E-state index contributed by atoms with van der Waals surface area (Å²) in [5, 5.41) is 2.18. The van der Waals surface area contributed by atoms with Gasteiger partial charge in [0.25, 0.3) is 11.1 Å². The van der Waals surface area contributed by atoms with Gasteiger partial charge in [0, 0.05) is 11.8 Å². The van der Waals surface area contributed by atoms with E-state index in [0.29, 0.717) is 29.7 Å². The molecule has 3 amide bonds. The van der Waals surface area contributed by atoms with Crippen molar-refractivity contribution in [3.05, 3.63) is 52.9 Å². The van der Waals surface area contributed by atoms with Crippen LogP contribution in [0.15, 0.2) is 47.4 Å². The Morgan fingerprint density at radius 3 is 2.66 bits per heavy atom. The first-order valence-electron chi connectivity index (χ1n) is 10.1. The molecule has 1 fully saturated rings. The number of fused-ring (bicyclic) bond motifs is 1. The maximum atomic E-state index is 12.7. The first-order chi connectivity index (χ1) is 15.4. The van der Waals surface area contributed by atoms with Crippen LogP contribution in [0.1, 0.15) is 19.4 Å². The summed E-state index contributed by atoms with van der Waals surface area (Å²) in [6, 6.07) is 12.2. The maximum absolute atomic E-state index is 12.7. The lowest BCUT2D eigenvalue weighted by Crippen LogP contribution is -2.36. The van der Waals surface area contributed by atoms with Crippen LogP contribution < -0.4 is 19.5 Å². The van der Waals surface area contributed by atoms with Crippen LogP contribution in [0.25, 0.3) is 6.08 Å². The van der Waals surface area contributed by atoms with Gasteiger partial charge in [-0.05, 0) is 53.6 Å². The Morgan fingerprint density at radius 1 is 1.16 bits per heavy atom. The third-order valence-electron chi connectivity index (χ3n) is 4.59. The summed E-state index contributed by atoms with van der Waals surface area (Å²) < 4.78 is 16.2. The largest absolute Gasteiger partial charge is 0.493 e. The zero-order chi connectivity index (χ0) is 22.7. The van der Waals surface area contributed by atoms with Gasteiger partial charge in [0.1, 0.15) is 12.3 Å². The second-order valence-electron chi connectivity index (χ2n) is 7.66. The van der Waals surface area contributed by atoms with Crippen molar-refractivity contribution in [1.29, 1.82) is 0 Å². The molecule has 0 aliphatic carbocycles. The topological polar surface area (TPSA) is 94.2 Å². The van der Waals surface area contributed by atoms with E-state index in [4.69, 9.17) is 14.2 Å². The van der Waals surface area contributed by atoms with Gasteiger partial charge in [-0.1, -0.05) is 26.0 Å². The lowest BCUT2D eigenvalue weighted by Gasteiger charge is -2.12. The molecule has 4 rings (SSSR count). The number of amides is 3. The highest BCUT2D eigenvalue weighted by Crippen LogP contribution is 2.35. The van der Waals surface area contributed by atoms with E-state index >= 15 is 0 Å². The van der Waals surface area contributed by atoms with E-state index < -0.39 is 17.1 Å². The average Bonchev–Trinajstić information content (AvgIpc) is 3.33. The van der Waals surface area contributed by atoms with Gasteiger partial charge in [0.2, 0.25) is 12.7 Å². The van der Waals surface area contributed by atoms with Crippen LogP contribution in [0.5, 0.6) is 17.2 Å². The summed E-state index contributed by atoms with van der Waals surface area (Å²) in [7, 11) is 0. The van der Waals surface area contributed by atoms with Crippen molar-refractivity contribution in [2.75, 3.05) is 25.3 Å². The number of benzene rings is 2. The highest BCUT2D eigenvalue weighted by Gasteiger charge is 2.36. The number of carbonyl (C=O) groups is 3. The Kier molecular flexibility index (Phi) is 6.36. The normalized spacial score (nSPS) is 16.2. The maximum Gasteiger partial charge on any atom is 0.294 e. The number of anilines is 1. The second kappa shape index (κ2) is 9.35. The molecule has 2 aliphatic heterocycles. The van der Waals surface area contributed by atoms with Crippen LogP contribution in [0.3, 0.4) is 0 Å². The first kappa shape index (κ1) is 21.8. The summed E-state index contributed by atoms with van der Waals surface area (Å²) in [6.07, 6.45) is 1.63. The van der Waals surface area contributed by atoms with E-state index in [9.17, 15) is 14.4 Å². The third-order valence-corrected chi connectivity index (χ3v) is 5.50. The van der Waals surface area contributed by atoms with Crippen molar-refractivity contribution in [3.8, 4) is 17.2 Å². The predicted octanol–water partition coefficient (Wildman–Crippen LogP) is 4.13. The minimum absolute atomic E-state index is 0.129. The summed E-state index contributed by atoms with van der Waals surface area (Å²) in [5.74, 6) is 1.30. The number of rotatable bonds is 7. The molecule has 0 bridgehead atoms. The minimum Gasteiger partial charge on any atom is -0.493 e. The second-order valence-corrected chi connectivity index (χ2v) is 8.65. The van der Waals surface area contributed by atoms with Crippen molar-refractivity contribution < 1.29 is 28.6 Å². The number of nitrogens with one attached hydrogen (secondary N) is 1. The molecule has 9 heteroatoms. The van der Waals surface area contributed by atoms with Crippen LogP contribution in [-0.2, 0) is 9.59 Å². The number of thioether (sulfide) groups is 1. The quantitative estimate of drug-likeness (QED) is 0.629. The van der Waals surface area contributed by atoms with E-state index in [0.717, 1.165) is 28.0 Å². The SMILES string of the molecule is CC(C)COc1ccc(/C=C2\SC(=O)N(CC(=O)Nc3ccc4c(c3)OCO4)C2=O)cc1. The molecule has 0 aromatic heterocycles. The lowest BCUT2D eigenvalue weighted by atomic mass is 10.2. The highest BCUT2D eigenvalue weighted by atomic mass is 32.2. The number of nitrogens with zero attached hydrogens (tertiary/aromatic N) is 1. The van der Waals surface area contributed by atoms with E-state index in [2.05, 4.69) is 19.2 Å². The third kappa shape index (κ3) is 5.05. The van der Waals surface area contributed by atoms with Crippen molar-refractivity contribution >= 4 is 40.6 Å². The predicted molar refractivity (Wildman–Crippen MR) is 121 cm³/mol. The molecule has 0 unspecified atom stereocenters.